The van der Waals surface area contributed by atoms with Crippen LogP contribution < -0.4 is 5.32 Å². The molecule has 2 aromatic carbocycles. The zero-order valence-electron chi connectivity index (χ0n) is 10.4. The molecule has 0 aromatic heterocycles. The van der Waals surface area contributed by atoms with Crippen LogP contribution in [0.4, 0.5) is 10.1 Å². The molecule has 0 unspecified atom stereocenters. The molecule has 0 fully saturated rings. The van der Waals surface area contributed by atoms with E-state index in [9.17, 15) is 14.0 Å². The van der Waals surface area contributed by atoms with Crippen molar-refractivity contribution in [1.29, 1.82) is 0 Å². The molecule has 0 saturated carbocycles. The molecular weight excluding hydrogens is 320 g/mol. The van der Waals surface area contributed by atoms with Crippen LogP contribution >= 0.6 is 23.2 Å². The van der Waals surface area contributed by atoms with Crippen molar-refractivity contribution in [3.05, 3.63) is 63.4 Å². The Labute approximate surface area is 129 Å². The summed E-state index contributed by atoms with van der Waals surface area (Å²) in [4.78, 5) is 22.7. The number of carbonyl (C=O) groups is 2. The average molecular weight is 328 g/mol. The highest BCUT2D eigenvalue weighted by Gasteiger charge is 2.11. The zero-order chi connectivity index (χ0) is 15.6. The van der Waals surface area contributed by atoms with Crippen molar-refractivity contribution < 1.29 is 19.1 Å². The van der Waals surface area contributed by atoms with E-state index in [0.717, 1.165) is 0 Å². The summed E-state index contributed by atoms with van der Waals surface area (Å²) in [5, 5.41) is 10.8. The molecule has 0 aliphatic carbocycles. The van der Waals surface area contributed by atoms with Crippen molar-refractivity contribution in [1.82, 2.24) is 0 Å². The van der Waals surface area contributed by atoms with Crippen molar-refractivity contribution in [2.24, 2.45) is 0 Å². The number of nitrogens with one attached hydrogen (secondary N) is 1. The molecule has 0 saturated heterocycles. The molecule has 2 rings (SSSR count). The molecule has 7 heteroatoms. The third-order valence-electron chi connectivity index (χ3n) is 2.64. The number of amides is 1. The standard InChI is InChI=1S/C14H8Cl2FNO3/c15-10-5-9(6-11(16)12(10)17)18-13(19)7-1-3-8(4-2-7)14(20)21/h1-6H,(H,18,19)(H,20,21). The van der Waals surface area contributed by atoms with Gasteiger partial charge < -0.3 is 10.4 Å². The molecule has 0 heterocycles. The minimum absolute atomic E-state index is 0.0689. The highest BCUT2D eigenvalue weighted by molar-refractivity contribution is 6.35. The lowest BCUT2D eigenvalue weighted by atomic mass is 10.1. The number of carboxylic acid groups (broad SMARTS) is 1. The molecule has 108 valence electrons. The normalized spacial score (nSPS) is 10.2. The molecule has 2 aromatic rings. The summed E-state index contributed by atoms with van der Waals surface area (Å²) in [6.07, 6.45) is 0. The van der Waals surface area contributed by atoms with Gasteiger partial charge in [0.05, 0.1) is 15.6 Å². The van der Waals surface area contributed by atoms with E-state index in [4.69, 9.17) is 28.3 Å². The number of anilines is 1. The SMILES string of the molecule is O=C(O)c1ccc(C(=O)Nc2cc(Cl)c(F)c(Cl)c2)cc1. The summed E-state index contributed by atoms with van der Waals surface area (Å²) < 4.78 is 13.3. The lowest BCUT2D eigenvalue weighted by Crippen LogP contribution is -2.12. The first-order valence-electron chi connectivity index (χ1n) is 5.67. The number of aromatic carboxylic acids is 1. The topological polar surface area (TPSA) is 66.4 Å². The third kappa shape index (κ3) is 3.51. The predicted molar refractivity (Wildman–Crippen MR) is 77.8 cm³/mol. The van der Waals surface area contributed by atoms with Crippen LogP contribution in [0.3, 0.4) is 0 Å². The quantitative estimate of drug-likeness (QED) is 0.834. The number of hydrogen-bond donors (Lipinski definition) is 2. The van der Waals surface area contributed by atoms with Crippen LogP contribution in [0, 0.1) is 5.82 Å². The van der Waals surface area contributed by atoms with Gasteiger partial charge in [-0.1, -0.05) is 23.2 Å². The second-order valence-electron chi connectivity index (χ2n) is 4.09. The fourth-order valence-corrected chi connectivity index (χ4v) is 2.08. The molecule has 0 bridgehead atoms. The van der Waals surface area contributed by atoms with Gasteiger partial charge in [-0.15, -0.1) is 0 Å². The number of rotatable bonds is 3. The average Bonchev–Trinajstić information content (AvgIpc) is 2.44. The Hall–Kier alpha value is -2.11. The van der Waals surface area contributed by atoms with E-state index in [1.54, 1.807) is 0 Å². The molecule has 0 aliphatic rings. The summed E-state index contributed by atoms with van der Waals surface area (Å²) in [5.74, 6) is -2.34. The summed E-state index contributed by atoms with van der Waals surface area (Å²) in [7, 11) is 0. The van der Waals surface area contributed by atoms with Crippen molar-refractivity contribution in [2.45, 2.75) is 0 Å². The first-order valence-corrected chi connectivity index (χ1v) is 6.43. The fourth-order valence-electron chi connectivity index (χ4n) is 1.60. The van der Waals surface area contributed by atoms with Crippen LogP contribution in [-0.2, 0) is 0 Å². The van der Waals surface area contributed by atoms with Gasteiger partial charge in [0.1, 0.15) is 0 Å². The van der Waals surface area contributed by atoms with Gasteiger partial charge >= 0.3 is 5.97 Å². The van der Waals surface area contributed by atoms with Gasteiger partial charge in [0.15, 0.2) is 5.82 Å². The van der Waals surface area contributed by atoms with Gasteiger partial charge in [0.25, 0.3) is 5.91 Å². The molecule has 0 aliphatic heterocycles. The summed E-state index contributed by atoms with van der Waals surface area (Å²) >= 11 is 11.3. The largest absolute Gasteiger partial charge is 0.478 e. The molecular formula is C14H8Cl2FNO3. The highest BCUT2D eigenvalue weighted by Crippen LogP contribution is 2.27. The second kappa shape index (κ2) is 6.11. The molecule has 4 nitrogen and oxygen atoms in total. The van der Waals surface area contributed by atoms with Gasteiger partial charge in [-0.05, 0) is 36.4 Å². The van der Waals surface area contributed by atoms with Crippen LogP contribution in [0.15, 0.2) is 36.4 Å². The minimum atomic E-state index is -1.08. The van der Waals surface area contributed by atoms with Crippen molar-refractivity contribution in [3.63, 3.8) is 0 Å². The lowest BCUT2D eigenvalue weighted by Gasteiger charge is -2.07. The summed E-state index contributed by atoms with van der Waals surface area (Å²) in [6.45, 7) is 0. The number of carbonyl (C=O) groups excluding carboxylic acids is 1. The van der Waals surface area contributed by atoms with Gasteiger partial charge in [0.2, 0.25) is 0 Å². The van der Waals surface area contributed by atoms with Gasteiger partial charge in [0, 0.05) is 11.3 Å². The molecule has 0 radical (unpaired) electrons. The second-order valence-corrected chi connectivity index (χ2v) is 4.90. The first-order chi connectivity index (χ1) is 9.88. The van der Waals surface area contributed by atoms with Crippen LogP contribution in [0.1, 0.15) is 20.7 Å². The lowest BCUT2D eigenvalue weighted by molar-refractivity contribution is 0.0696. The summed E-state index contributed by atoms with van der Waals surface area (Å²) in [5.41, 5.74) is 0.551. The van der Waals surface area contributed by atoms with Gasteiger partial charge in [-0.25, -0.2) is 9.18 Å². The minimum Gasteiger partial charge on any atom is -0.478 e. The summed E-state index contributed by atoms with van der Waals surface area (Å²) in [6, 6.07) is 7.80. The maximum absolute atomic E-state index is 13.3. The van der Waals surface area contributed by atoms with Crippen molar-refractivity contribution in [3.8, 4) is 0 Å². The Kier molecular flexibility index (Phi) is 4.45. The smallest absolute Gasteiger partial charge is 0.335 e. The zero-order valence-corrected chi connectivity index (χ0v) is 11.9. The Bertz CT molecular complexity index is 694. The molecule has 1 amide bonds. The first kappa shape index (κ1) is 15.3. The van der Waals surface area contributed by atoms with E-state index in [1.165, 1.54) is 36.4 Å². The molecule has 0 spiro atoms. The van der Waals surface area contributed by atoms with E-state index in [0.29, 0.717) is 0 Å². The fraction of sp³-hybridized carbons (Fsp3) is 0. The van der Waals surface area contributed by atoms with Gasteiger partial charge in [-0.3, -0.25) is 4.79 Å². The maximum Gasteiger partial charge on any atom is 0.335 e. The number of carboxylic acids is 1. The van der Waals surface area contributed by atoms with E-state index >= 15 is 0 Å². The number of halogens is 3. The van der Waals surface area contributed by atoms with Crippen LogP contribution in [0.5, 0.6) is 0 Å². The third-order valence-corrected chi connectivity index (χ3v) is 3.19. The molecule has 0 atom stereocenters. The van der Waals surface area contributed by atoms with E-state index in [2.05, 4.69) is 5.32 Å². The molecule has 21 heavy (non-hydrogen) atoms. The Balaban J connectivity index is 2.20. The Morgan fingerprint density at radius 2 is 1.48 bits per heavy atom. The van der Waals surface area contributed by atoms with Crippen LogP contribution in [0.2, 0.25) is 10.0 Å². The monoisotopic (exact) mass is 327 g/mol. The van der Waals surface area contributed by atoms with E-state index in [1.807, 2.05) is 0 Å². The van der Waals surface area contributed by atoms with Crippen molar-refractivity contribution in [2.75, 3.05) is 5.32 Å². The van der Waals surface area contributed by atoms with Crippen molar-refractivity contribution >= 4 is 40.8 Å². The Morgan fingerprint density at radius 1 is 1.00 bits per heavy atom. The van der Waals surface area contributed by atoms with Crippen LogP contribution in [-0.4, -0.2) is 17.0 Å². The van der Waals surface area contributed by atoms with E-state index in [-0.39, 0.29) is 26.9 Å². The van der Waals surface area contributed by atoms with Gasteiger partial charge in [-0.2, -0.15) is 0 Å². The highest BCUT2D eigenvalue weighted by atomic mass is 35.5. The van der Waals surface area contributed by atoms with E-state index < -0.39 is 17.7 Å². The molecule has 2 N–H and O–H groups in total. The predicted octanol–water partition coefficient (Wildman–Crippen LogP) is 4.08. The maximum atomic E-state index is 13.3. The van der Waals surface area contributed by atoms with Crippen LogP contribution in [0.25, 0.3) is 0 Å². The number of hydrogen-bond acceptors (Lipinski definition) is 2. The Morgan fingerprint density at radius 3 is 1.95 bits per heavy atom. The number of benzene rings is 2.